The van der Waals surface area contributed by atoms with Crippen molar-refractivity contribution in [3.63, 3.8) is 0 Å². The Morgan fingerprint density at radius 1 is 1.00 bits per heavy atom. The molecule has 0 radical (unpaired) electrons. The van der Waals surface area contributed by atoms with Crippen LogP contribution in [0.1, 0.15) is 30.0 Å². The molecule has 6 heteroatoms. The lowest BCUT2D eigenvalue weighted by Gasteiger charge is -2.37. The van der Waals surface area contributed by atoms with Crippen LogP contribution in [0.25, 0.3) is 0 Å². The Morgan fingerprint density at radius 3 is 2.52 bits per heavy atom. The first-order valence-electron chi connectivity index (χ1n) is 11.1. The number of anilines is 1. The molecule has 2 aliphatic rings. The molecular formula is C25H33N3O3. The molecule has 0 N–H and O–H groups in total. The highest BCUT2D eigenvalue weighted by Crippen LogP contribution is 2.38. The number of carbonyl (C=O) groups is 1. The Labute approximate surface area is 185 Å². The molecule has 1 atom stereocenters. The van der Waals surface area contributed by atoms with Gasteiger partial charge < -0.3 is 19.3 Å². The maximum Gasteiger partial charge on any atom is 0.236 e. The predicted molar refractivity (Wildman–Crippen MR) is 123 cm³/mol. The SMILES string of the molecule is COc1ccc(C2CCCN2CC(=O)N2CCN(c3cccc(C)c3)CC2)c(OC)c1. The number of likely N-dealkylation sites (tertiary alicyclic amines) is 1. The molecule has 31 heavy (non-hydrogen) atoms. The Morgan fingerprint density at radius 2 is 1.81 bits per heavy atom. The van der Waals surface area contributed by atoms with Gasteiger partial charge in [0, 0.05) is 49.5 Å². The fourth-order valence-corrected chi connectivity index (χ4v) is 4.77. The van der Waals surface area contributed by atoms with Crippen LogP contribution in [-0.4, -0.2) is 69.2 Å². The highest BCUT2D eigenvalue weighted by Gasteiger charge is 2.31. The van der Waals surface area contributed by atoms with E-state index in [0.29, 0.717) is 6.54 Å². The topological polar surface area (TPSA) is 45.2 Å². The van der Waals surface area contributed by atoms with Crippen LogP contribution < -0.4 is 14.4 Å². The van der Waals surface area contributed by atoms with Gasteiger partial charge in [0.25, 0.3) is 0 Å². The van der Waals surface area contributed by atoms with Crippen molar-refractivity contribution in [3.8, 4) is 11.5 Å². The second-order valence-electron chi connectivity index (χ2n) is 8.44. The molecule has 2 aromatic carbocycles. The van der Waals surface area contributed by atoms with E-state index in [2.05, 4.69) is 47.1 Å². The van der Waals surface area contributed by atoms with E-state index in [1.54, 1.807) is 14.2 Å². The number of carbonyl (C=O) groups excluding carboxylic acids is 1. The summed E-state index contributed by atoms with van der Waals surface area (Å²) in [6.07, 6.45) is 2.13. The van der Waals surface area contributed by atoms with Crippen molar-refractivity contribution in [1.29, 1.82) is 0 Å². The monoisotopic (exact) mass is 423 g/mol. The molecule has 1 unspecified atom stereocenters. The van der Waals surface area contributed by atoms with Gasteiger partial charge in [0.1, 0.15) is 11.5 Å². The first kappa shape index (κ1) is 21.5. The number of piperazine rings is 1. The third-order valence-electron chi connectivity index (χ3n) is 6.50. The van der Waals surface area contributed by atoms with E-state index in [1.807, 2.05) is 17.0 Å². The first-order valence-corrected chi connectivity index (χ1v) is 11.1. The molecule has 2 saturated heterocycles. The van der Waals surface area contributed by atoms with Crippen LogP contribution >= 0.6 is 0 Å². The van der Waals surface area contributed by atoms with Gasteiger partial charge in [-0.1, -0.05) is 18.2 Å². The summed E-state index contributed by atoms with van der Waals surface area (Å²) in [7, 11) is 3.35. The lowest BCUT2D eigenvalue weighted by Crippen LogP contribution is -2.51. The minimum absolute atomic E-state index is 0.207. The molecule has 0 aliphatic carbocycles. The lowest BCUT2D eigenvalue weighted by atomic mass is 10.0. The molecule has 0 saturated carbocycles. The lowest BCUT2D eigenvalue weighted by molar-refractivity contribution is -0.133. The molecule has 2 heterocycles. The normalized spacial score (nSPS) is 19.5. The van der Waals surface area contributed by atoms with E-state index in [1.165, 1.54) is 11.3 Å². The number of methoxy groups -OCH3 is 2. The van der Waals surface area contributed by atoms with Crippen LogP contribution in [0.15, 0.2) is 42.5 Å². The van der Waals surface area contributed by atoms with Gasteiger partial charge >= 0.3 is 0 Å². The molecule has 2 aliphatic heterocycles. The molecule has 2 fully saturated rings. The summed E-state index contributed by atoms with van der Waals surface area (Å²) >= 11 is 0. The quantitative estimate of drug-likeness (QED) is 0.712. The van der Waals surface area contributed by atoms with Gasteiger partial charge in [-0.2, -0.15) is 0 Å². The average Bonchev–Trinajstić information content (AvgIpc) is 3.26. The van der Waals surface area contributed by atoms with Crippen molar-refractivity contribution in [1.82, 2.24) is 9.80 Å². The summed E-state index contributed by atoms with van der Waals surface area (Å²) in [4.78, 5) is 19.8. The fraction of sp³-hybridized carbons (Fsp3) is 0.480. The largest absolute Gasteiger partial charge is 0.497 e. The Bertz CT molecular complexity index is 909. The van der Waals surface area contributed by atoms with Crippen molar-refractivity contribution >= 4 is 11.6 Å². The van der Waals surface area contributed by atoms with Gasteiger partial charge in [-0.3, -0.25) is 9.69 Å². The van der Waals surface area contributed by atoms with E-state index in [9.17, 15) is 4.79 Å². The van der Waals surface area contributed by atoms with Crippen LogP contribution in [0.3, 0.4) is 0 Å². The van der Waals surface area contributed by atoms with Crippen molar-refractivity contribution < 1.29 is 14.3 Å². The first-order chi connectivity index (χ1) is 15.1. The Kier molecular flexibility index (Phi) is 6.66. The number of hydrogen-bond acceptors (Lipinski definition) is 5. The van der Waals surface area contributed by atoms with E-state index in [4.69, 9.17) is 9.47 Å². The van der Waals surface area contributed by atoms with Gasteiger partial charge in [-0.25, -0.2) is 0 Å². The molecule has 0 bridgehead atoms. The van der Waals surface area contributed by atoms with Gasteiger partial charge in [0.2, 0.25) is 5.91 Å². The molecule has 0 spiro atoms. The van der Waals surface area contributed by atoms with E-state index >= 15 is 0 Å². The van der Waals surface area contributed by atoms with Gasteiger partial charge in [-0.05, 0) is 50.1 Å². The number of hydrogen-bond donors (Lipinski definition) is 0. The molecule has 0 aromatic heterocycles. The number of aryl methyl sites for hydroxylation is 1. The van der Waals surface area contributed by atoms with Crippen LogP contribution in [0.2, 0.25) is 0 Å². The molecular weight excluding hydrogens is 390 g/mol. The van der Waals surface area contributed by atoms with E-state index in [0.717, 1.165) is 62.6 Å². The predicted octanol–water partition coefficient (Wildman–Crippen LogP) is 3.50. The molecule has 6 nitrogen and oxygen atoms in total. The van der Waals surface area contributed by atoms with Crippen LogP contribution in [0.4, 0.5) is 5.69 Å². The highest BCUT2D eigenvalue weighted by molar-refractivity contribution is 5.78. The number of ether oxygens (including phenoxy) is 2. The number of amides is 1. The summed E-state index contributed by atoms with van der Waals surface area (Å²) in [5.74, 6) is 1.84. The van der Waals surface area contributed by atoms with E-state index in [-0.39, 0.29) is 11.9 Å². The van der Waals surface area contributed by atoms with Crippen LogP contribution in [0.5, 0.6) is 11.5 Å². The number of rotatable bonds is 6. The van der Waals surface area contributed by atoms with Crippen molar-refractivity contribution in [3.05, 3.63) is 53.6 Å². The van der Waals surface area contributed by atoms with E-state index < -0.39 is 0 Å². The zero-order valence-electron chi connectivity index (χ0n) is 18.8. The number of nitrogens with zero attached hydrogens (tertiary/aromatic N) is 3. The highest BCUT2D eigenvalue weighted by atomic mass is 16.5. The average molecular weight is 424 g/mol. The third-order valence-corrected chi connectivity index (χ3v) is 6.50. The maximum atomic E-state index is 13.1. The van der Waals surface area contributed by atoms with Gasteiger partial charge in [-0.15, -0.1) is 0 Å². The second-order valence-corrected chi connectivity index (χ2v) is 8.44. The number of benzene rings is 2. The molecule has 4 rings (SSSR count). The fourth-order valence-electron chi connectivity index (χ4n) is 4.77. The maximum absolute atomic E-state index is 13.1. The second kappa shape index (κ2) is 9.60. The smallest absolute Gasteiger partial charge is 0.236 e. The summed E-state index contributed by atoms with van der Waals surface area (Å²) in [6.45, 7) is 6.83. The standard InChI is InChI=1S/C25H33N3O3/c1-19-6-4-7-20(16-19)26-12-14-27(15-13-26)25(29)18-28-11-5-8-23(28)22-10-9-21(30-2)17-24(22)31-3/h4,6-7,9-10,16-17,23H,5,8,11-15,18H2,1-3H3. The zero-order valence-corrected chi connectivity index (χ0v) is 18.8. The van der Waals surface area contributed by atoms with Crippen molar-refractivity contribution in [2.24, 2.45) is 0 Å². The van der Waals surface area contributed by atoms with Gasteiger partial charge in [0.05, 0.1) is 20.8 Å². The summed E-state index contributed by atoms with van der Waals surface area (Å²) in [5, 5.41) is 0. The third kappa shape index (κ3) is 4.79. The van der Waals surface area contributed by atoms with Crippen molar-refractivity contribution in [2.45, 2.75) is 25.8 Å². The summed E-state index contributed by atoms with van der Waals surface area (Å²) in [6, 6.07) is 14.8. The Balaban J connectivity index is 1.37. The minimum atomic E-state index is 0.207. The minimum Gasteiger partial charge on any atom is -0.497 e. The Hall–Kier alpha value is -2.73. The van der Waals surface area contributed by atoms with Crippen LogP contribution in [-0.2, 0) is 4.79 Å². The van der Waals surface area contributed by atoms with Crippen LogP contribution in [0, 0.1) is 6.92 Å². The zero-order chi connectivity index (χ0) is 21.8. The van der Waals surface area contributed by atoms with Gasteiger partial charge in [0.15, 0.2) is 0 Å². The summed E-state index contributed by atoms with van der Waals surface area (Å²) < 4.78 is 11.0. The molecule has 2 aromatic rings. The summed E-state index contributed by atoms with van der Waals surface area (Å²) in [5.41, 5.74) is 3.65. The van der Waals surface area contributed by atoms with Crippen molar-refractivity contribution in [2.75, 3.05) is 58.4 Å². The molecule has 1 amide bonds. The molecule has 166 valence electrons.